The van der Waals surface area contributed by atoms with Gasteiger partial charge < -0.3 is 15.2 Å². The summed E-state index contributed by atoms with van der Waals surface area (Å²) >= 11 is 0. The van der Waals surface area contributed by atoms with E-state index >= 15 is 0 Å². The maximum Gasteiger partial charge on any atom is 0.330 e. The Bertz CT molecular complexity index is 776. The maximum atomic E-state index is 12.3. The van der Waals surface area contributed by atoms with Crippen molar-refractivity contribution in [2.75, 3.05) is 6.61 Å². The first-order chi connectivity index (χ1) is 11.1. The second kappa shape index (κ2) is 6.04. The molecule has 2 heterocycles. The molecule has 1 aliphatic rings. The summed E-state index contributed by atoms with van der Waals surface area (Å²) in [6, 6.07) is 4.00. The van der Waals surface area contributed by atoms with E-state index in [4.69, 9.17) is 4.74 Å². The van der Waals surface area contributed by atoms with Crippen LogP contribution in [0.2, 0.25) is 0 Å². The first kappa shape index (κ1) is 15.0. The predicted molar refractivity (Wildman–Crippen MR) is 80.3 cm³/mol. The van der Waals surface area contributed by atoms with Gasteiger partial charge in [0.2, 0.25) is 0 Å². The fourth-order valence-electron chi connectivity index (χ4n) is 2.50. The lowest BCUT2D eigenvalue weighted by atomic mass is 10.0. The number of amides is 1. The molecule has 3 rings (SSSR count). The second-order valence-corrected chi connectivity index (χ2v) is 5.23. The van der Waals surface area contributed by atoms with Gasteiger partial charge in [0, 0.05) is 12.6 Å². The second-order valence-electron chi connectivity index (χ2n) is 5.23. The number of carboxylic acids is 1. The van der Waals surface area contributed by atoms with E-state index in [9.17, 15) is 14.7 Å². The molecular formula is C16H15N3O4. The van der Waals surface area contributed by atoms with Gasteiger partial charge in [-0.15, -0.1) is 0 Å². The average Bonchev–Trinajstić information content (AvgIpc) is 3.00. The number of nitrogens with zero attached hydrogens (tertiary/aromatic N) is 2. The largest absolute Gasteiger partial charge is 0.493 e. The molecule has 118 valence electrons. The molecule has 0 bridgehead atoms. The number of hydrogen-bond acceptors (Lipinski definition) is 5. The van der Waals surface area contributed by atoms with Crippen LogP contribution in [0.4, 0.5) is 0 Å². The Morgan fingerprint density at radius 2 is 2.22 bits per heavy atom. The van der Waals surface area contributed by atoms with Crippen molar-refractivity contribution in [3.63, 3.8) is 0 Å². The molecular weight excluding hydrogens is 298 g/mol. The summed E-state index contributed by atoms with van der Waals surface area (Å²) in [6.07, 6.45) is 3.43. The third kappa shape index (κ3) is 2.98. The fraction of sp³-hybridized carbons (Fsp3) is 0.250. The van der Waals surface area contributed by atoms with E-state index in [2.05, 4.69) is 15.3 Å². The summed E-state index contributed by atoms with van der Waals surface area (Å²) in [7, 11) is 0. The number of rotatable bonds is 4. The molecule has 1 amide bonds. The normalized spacial score (nSPS) is 13.8. The highest BCUT2D eigenvalue weighted by atomic mass is 16.5. The molecule has 1 aromatic carbocycles. The number of carbonyl (C=O) groups excluding carboxylic acids is 1. The van der Waals surface area contributed by atoms with Crippen LogP contribution in [0.3, 0.4) is 0 Å². The lowest BCUT2D eigenvalue weighted by molar-refractivity contribution is -0.139. The lowest BCUT2D eigenvalue weighted by Crippen LogP contribution is -2.34. The molecule has 0 saturated carbocycles. The van der Waals surface area contributed by atoms with Crippen LogP contribution in [-0.2, 0) is 11.2 Å². The molecule has 1 aromatic heterocycles. The zero-order chi connectivity index (χ0) is 16.4. The van der Waals surface area contributed by atoms with Crippen molar-refractivity contribution in [2.45, 2.75) is 19.4 Å². The predicted octanol–water partition coefficient (Wildman–Crippen LogP) is 1.28. The minimum absolute atomic E-state index is 0.253. The Kier molecular flexibility index (Phi) is 3.92. The number of aliphatic carboxylic acids is 1. The number of carbonyl (C=O) groups is 2. The van der Waals surface area contributed by atoms with Crippen LogP contribution < -0.4 is 10.1 Å². The molecule has 0 spiro atoms. The van der Waals surface area contributed by atoms with Crippen LogP contribution in [0, 0.1) is 6.92 Å². The minimum atomic E-state index is -1.15. The van der Waals surface area contributed by atoms with Crippen molar-refractivity contribution in [2.24, 2.45) is 0 Å². The van der Waals surface area contributed by atoms with Gasteiger partial charge in [-0.05, 0) is 30.2 Å². The van der Waals surface area contributed by atoms with E-state index in [-0.39, 0.29) is 5.56 Å². The number of hydrogen-bond donors (Lipinski definition) is 2. The van der Waals surface area contributed by atoms with Crippen molar-refractivity contribution >= 4 is 11.9 Å². The highest BCUT2D eigenvalue weighted by Gasteiger charge is 2.25. The molecule has 23 heavy (non-hydrogen) atoms. The Balaban J connectivity index is 1.87. The van der Waals surface area contributed by atoms with Crippen molar-refractivity contribution in [1.29, 1.82) is 0 Å². The van der Waals surface area contributed by atoms with E-state index < -0.39 is 17.9 Å². The quantitative estimate of drug-likeness (QED) is 0.881. The lowest BCUT2D eigenvalue weighted by Gasteiger charge is -2.16. The van der Waals surface area contributed by atoms with Crippen molar-refractivity contribution in [3.05, 3.63) is 53.1 Å². The zero-order valence-corrected chi connectivity index (χ0v) is 12.4. The van der Waals surface area contributed by atoms with Crippen LogP contribution >= 0.6 is 0 Å². The summed E-state index contributed by atoms with van der Waals surface area (Å²) in [5.74, 6) is -0.893. The van der Waals surface area contributed by atoms with Crippen molar-refractivity contribution in [3.8, 4) is 5.75 Å². The molecule has 2 aromatic rings. The Morgan fingerprint density at radius 3 is 2.96 bits per heavy atom. The van der Waals surface area contributed by atoms with Gasteiger partial charge in [0.1, 0.15) is 12.1 Å². The van der Waals surface area contributed by atoms with Gasteiger partial charge >= 0.3 is 5.97 Å². The van der Waals surface area contributed by atoms with E-state index in [1.807, 2.05) is 0 Å². The summed E-state index contributed by atoms with van der Waals surface area (Å²) in [4.78, 5) is 31.6. The summed E-state index contributed by atoms with van der Waals surface area (Å²) in [5.41, 5.74) is 2.19. The van der Waals surface area contributed by atoms with Crippen LogP contribution in [0.25, 0.3) is 0 Å². The molecule has 7 nitrogen and oxygen atoms in total. The Hall–Kier alpha value is -2.96. The number of ether oxygens (including phenoxy) is 1. The molecule has 7 heteroatoms. The molecule has 1 aliphatic heterocycles. The first-order valence-electron chi connectivity index (χ1n) is 7.12. The summed E-state index contributed by atoms with van der Waals surface area (Å²) in [5, 5.41) is 12.0. The maximum absolute atomic E-state index is 12.3. The zero-order valence-electron chi connectivity index (χ0n) is 12.4. The highest BCUT2D eigenvalue weighted by molar-refractivity contribution is 5.97. The Morgan fingerprint density at radius 1 is 1.39 bits per heavy atom. The van der Waals surface area contributed by atoms with E-state index in [0.29, 0.717) is 17.9 Å². The number of benzene rings is 1. The Labute approximate surface area is 132 Å². The average molecular weight is 313 g/mol. The van der Waals surface area contributed by atoms with E-state index in [0.717, 1.165) is 17.7 Å². The topological polar surface area (TPSA) is 101 Å². The number of carboxylic acid groups (broad SMARTS) is 1. The van der Waals surface area contributed by atoms with Gasteiger partial charge in [-0.3, -0.25) is 4.79 Å². The van der Waals surface area contributed by atoms with E-state index in [1.54, 1.807) is 25.1 Å². The van der Waals surface area contributed by atoms with Crippen LogP contribution in [0.5, 0.6) is 5.75 Å². The highest BCUT2D eigenvalue weighted by Crippen LogP contribution is 2.28. The molecule has 2 N–H and O–H groups in total. The SMILES string of the molecule is Cc1ncncc1C(=O)NC(C(=O)O)c1ccc2c(c1)CCO2. The third-order valence-corrected chi connectivity index (χ3v) is 3.73. The molecule has 1 unspecified atom stereocenters. The molecule has 0 aliphatic carbocycles. The molecule has 0 fully saturated rings. The molecule has 0 saturated heterocycles. The standard InChI is InChI=1S/C16H15N3O4/c1-9-12(7-17-8-18-9)15(20)19-14(16(21)22)11-2-3-13-10(6-11)4-5-23-13/h2-3,6-8,14H,4-5H2,1H3,(H,19,20)(H,21,22). The summed E-state index contributed by atoms with van der Waals surface area (Å²) < 4.78 is 5.41. The minimum Gasteiger partial charge on any atom is -0.493 e. The summed E-state index contributed by atoms with van der Waals surface area (Å²) in [6.45, 7) is 2.25. The monoisotopic (exact) mass is 313 g/mol. The van der Waals surface area contributed by atoms with Crippen molar-refractivity contribution < 1.29 is 19.4 Å². The molecule has 0 radical (unpaired) electrons. The number of fused-ring (bicyclic) bond motifs is 1. The third-order valence-electron chi connectivity index (χ3n) is 3.73. The van der Waals surface area contributed by atoms with Gasteiger partial charge in [-0.2, -0.15) is 0 Å². The van der Waals surface area contributed by atoms with Crippen LogP contribution in [0.1, 0.15) is 33.2 Å². The fourth-order valence-corrected chi connectivity index (χ4v) is 2.50. The van der Waals surface area contributed by atoms with E-state index in [1.165, 1.54) is 12.5 Å². The number of aryl methyl sites for hydroxylation is 1. The number of aromatic nitrogens is 2. The van der Waals surface area contributed by atoms with Crippen LogP contribution in [0.15, 0.2) is 30.7 Å². The van der Waals surface area contributed by atoms with Crippen LogP contribution in [-0.4, -0.2) is 33.6 Å². The smallest absolute Gasteiger partial charge is 0.330 e. The van der Waals surface area contributed by atoms with Gasteiger partial charge in [0.15, 0.2) is 6.04 Å². The van der Waals surface area contributed by atoms with Gasteiger partial charge in [-0.25, -0.2) is 14.8 Å². The van der Waals surface area contributed by atoms with Gasteiger partial charge in [-0.1, -0.05) is 6.07 Å². The molecule has 1 atom stereocenters. The number of nitrogens with one attached hydrogen (secondary N) is 1. The van der Waals surface area contributed by atoms with Gasteiger partial charge in [0.05, 0.1) is 17.9 Å². The first-order valence-corrected chi connectivity index (χ1v) is 7.12. The van der Waals surface area contributed by atoms with Gasteiger partial charge in [0.25, 0.3) is 5.91 Å². The van der Waals surface area contributed by atoms with Crippen molar-refractivity contribution in [1.82, 2.24) is 15.3 Å².